The van der Waals surface area contributed by atoms with Crippen LogP contribution in [0.2, 0.25) is 0 Å². The van der Waals surface area contributed by atoms with Crippen LogP contribution in [0.25, 0.3) is 10.8 Å². The van der Waals surface area contributed by atoms with Gasteiger partial charge >= 0.3 is 12.0 Å². The van der Waals surface area contributed by atoms with Crippen LogP contribution in [0, 0.1) is 29.1 Å². The van der Waals surface area contributed by atoms with E-state index in [0.717, 1.165) is 10.8 Å². The van der Waals surface area contributed by atoms with E-state index < -0.39 is 96.0 Å². The van der Waals surface area contributed by atoms with Gasteiger partial charge in [-0.15, -0.1) is 0 Å². The Balaban J connectivity index is 1.51. The lowest BCUT2D eigenvalue weighted by Gasteiger charge is -2.48. The summed E-state index contributed by atoms with van der Waals surface area (Å²) >= 11 is 0. The number of carbonyl (C=O) groups is 2. The van der Waals surface area contributed by atoms with E-state index in [1.165, 1.54) is 14.0 Å². The van der Waals surface area contributed by atoms with Crippen LogP contribution in [0.3, 0.4) is 0 Å². The quantitative estimate of drug-likeness (QED) is 0.132. The molecule has 0 bridgehead atoms. The molecular weight excluding hydrogens is 927 g/mol. The second-order valence-electron chi connectivity index (χ2n) is 22.0. The van der Waals surface area contributed by atoms with E-state index in [4.69, 9.17) is 28.4 Å². The molecule has 2 aromatic carbocycles. The lowest BCUT2D eigenvalue weighted by atomic mass is 9.77. The number of hydrogen-bond donors (Lipinski definition) is 6. The highest BCUT2D eigenvalue weighted by atomic mass is 16.7. The molecule has 0 unspecified atom stereocenters. The fraction of sp³-hybridized carbons (Fsp3) is 0.759. The Labute approximate surface area is 427 Å². The van der Waals surface area contributed by atoms with Crippen molar-refractivity contribution in [3.8, 4) is 6.07 Å². The first kappa shape index (κ1) is 59.3. The first-order valence-electron chi connectivity index (χ1n) is 26.0. The lowest BCUT2D eigenvalue weighted by Crippen LogP contribution is -2.60. The van der Waals surface area contributed by atoms with Gasteiger partial charge in [-0.25, -0.2) is 4.79 Å². The number of nitriles is 1. The Morgan fingerprint density at radius 2 is 1.62 bits per heavy atom. The highest BCUT2D eigenvalue weighted by Crippen LogP contribution is 2.40. The summed E-state index contributed by atoms with van der Waals surface area (Å²) in [4.78, 5) is 34.0. The predicted molar refractivity (Wildman–Crippen MR) is 273 cm³/mol. The van der Waals surface area contributed by atoms with Gasteiger partial charge in [-0.05, 0) is 117 Å². The molecule has 406 valence electrons. The molecule has 0 aromatic heterocycles. The van der Waals surface area contributed by atoms with Gasteiger partial charge in [-0.1, -0.05) is 51.1 Å². The van der Waals surface area contributed by atoms with Crippen LogP contribution in [-0.4, -0.2) is 190 Å². The Morgan fingerprint density at radius 3 is 2.26 bits per heavy atom. The number of rotatable bonds is 14. The summed E-state index contributed by atoms with van der Waals surface area (Å²) in [5.74, 6) is -2.99. The number of cyclic esters (lactones) is 1. The Bertz CT molecular complexity index is 2110. The minimum Gasteiger partial charge on any atom is -0.459 e. The van der Waals surface area contributed by atoms with Crippen molar-refractivity contribution in [3.05, 3.63) is 42.5 Å². The number of aliphatic hydroxyl groups excluding tert-OH is 3. The SMILES string of the molecule is CC[C@H]1OC(=O)[C@H](C)[C@@H](O[C@H]2C[C@@](C)(OC)[C@@H](O)[C@H](C)O2)[C@H](C)[C@@H](O[C@@H]2O[C@H](C)C[C@H](N(C)C)[C@H]2O)[C@](C)(O)C[C@@H](C)CN(CCCN(CCC#N)C(=O)Nc2ccc3ccccc3c2)[C@H](C)[C@@H](O)[C@]1(C)O. The van der Waals surface area contributed by atoms with E-state index >= 15 is 0 Å². The number of aliphatic hydroxyl groups is 5. The summed E-state index contributed by atoms with van der Waals surface area (Å²) in [6, 6.07) is 14.2. The molecule has 3 fully saturated rings. The van der Waals surface area contributed by atoms with Crippen molar-refractivity contribution < 1.29 is 63.5 Å². The molecule has 18 heteroatoms. The molecule has 5 rings (SSSR count). The standard InChI is InChI=1S/C54H87N5O13/c1-14-42-54(10,66)46(61)36(6)59(26-18-25-58(24-17-23-55)51(64)56-40-22-21-38-19-15-16-20-39(38)28-40)31-32(2)29-52(8,65)48(72-50-44(60)41(57(11)12)27-33(3)68-50)34(4)45(35(5)49(63)70-42)71-43-30-53(9,67-13)47(62)37(7)69-43/h15-16,19-22,28,32-37,41-48,50,60-62,65-66H,14,17-18,24-27,29-31H2,1-13H3,(H,56,64)/t32-,33-,34+,35-,36-,37+,41+,42-,43+,44-,45+,46-,47+,48-,50+,52-,53-,54-/m1/s1. The Kier molecular flexibility index (Phi) is 20.9. The minimum absolute atomic E-state index is 0.0862. The third-order valence-corrected chi connectivity index (χ3v) is 15.7. The van der Waals surface area contributed by atoms with E-state index in [1.807, 2.05) is 80.2 Å². The zero-order valence-corrected chi connectivity index (χ0v) is 45.1. The number of urea groups is 1. The van der Waals surface area contributed by atoms with Gasteiger partial charge < -0.3 is 69.1 Å². The van der Waals surface area contributed by atoms with Crippen LogP contribution in [0.5, 0.6) is 0 Å². The molecule has 3 aliphatic heterocycles. The number of methoxy groups -OCH3 is 1. The number of amides is 2. The number of carbonyl (C=O) groups excluding carboxylic acids is 2. The van der Waals surface area contributed by atoms with Gasteiger partial charge in [0.2, 0.25) is 0 Å². The normalized spacial score (nSPS) is 38.9. The molecule has 3 heterocycles. The van der Waals surface area contributed by atoms with Gasteiger partial charge in [0.25, 0.3) is 0 Å². The van der Waals surface area contributed by atoms with Crippen LogP contribution >= 0.6 is 0 Å². The molecule has 0 spiro atoms. The summed E-state index contributed by atoms with van der Waals surface area (Å²) in [6.07, 6.45) is -8.84. The van der Waals surface area contributed by atoms with E-state index in [-0.39, 0.29) is 62.9 Å². The van der Waals surface area contributed by atoms with Crippen molar-refractivity contribution in [3.63, 3.8) is 0 Å². The zero-order chi connectivity index (χ0) is 53.5. The fourth-order valence-corrected chi connectivity index (χ4v) is 11.3. The molecule has 18 atom stereocenters. The maximum atomic E-state index is 14.6. The third kappa shape index (κ3) is 14.2. The van der Waals surface area contributed by atoms with Crippen molar-refractivity contribution in [2.24, 2.45) is 17.8 Å². The first-order valence-corrected chi connectivity index (χ1v) is 26.0. The number of ether oxygens (including phenoxy) is 6. The second kappa shape index (κ2) is 25.3. The third-order valence-electron chi connectivity index (χ3n) is 15.7. The van der Waals surface area contributed by atoms with Gasteiger partial charge in [0.15, 0.2) is 12.6 Å². The molecule has 2 amide bonds. The first-order chi connectivity index (χ1) is 33.8. The average molecular weight is 1010 g/mol. The zero-order valence-electron chi connectivity index (χ0n) is 45.1. The maximum absolute atomic E-state index is 14.6. The Hall–Kier alpha value is -3.55. The minimum atomic E-state index is -1.96. The van der Waals surface area contributed by atoms with E-state index in [0.29, 0.717) is 31.6 Å². The number of nitrogens with one attached hydrogen (secondary N) is 1. The number of anilines is 1. The summed E-state index contributed by atoms with van der Waals surface area (Å²) in [7, 11) is 5.24. The van der Waals surface area contributed by atoms with E-state index in [9.17, 15) is 40.4 Å². The van der Waals surface area contributed by atoms with E-state index in [2.05, 4.69) is 11.4 Å². The monoisotopic (exact) mass is 1010 g/mol. The van der Waals surface area contributed by atoms with Gasteiger partial charge in [-0.3, -0.25) is 9.69 Å². The molecule has 0 radical (unpaired) electrons. The van der Waals surface area contributed by atoms with Gasteiger partial charge in [0, 0.05) is 63.4 Å². The highest BCUT2D eigenvalue weighted by Gasteiger charge is 2.53. The van der Waals surface area contributed by atoms with Crippen molar-refractivity contribution >= 4 is 28.5 Å². The van der Waals surface area contributed by atoms with Crippen molar-refractivity contribution in [2.45, 2.75) is 198 Å². The summed E-state index contributed by atoms with van der Waals surface area (Å²) in [6.45, 7) is 18.5. The smallest absolute Gasteiger partial charge is 0.321 e. The van der Waals surface area contributed by atoms with Crippen molar-refractivity contribution in [1.29, 1.82) is 5.26 Å². The number of benzene rings is 2. The molecular formula is C54H87N5O13. The molecule has 18 nitrogen and oxygen atoms in total. The number of nitrogens with zero attached hydrogens (tertiary/aromatic N) is 4. The van der Waals surface area contributed by atoms with Crippen LogP contribution in [0.1, 0.15) is 108 Å². The summed E-state index contributed by atoms with van der Waals surface area (Å²) < 4.78 is 38.2. The molecule has 3 saturated heterocycles. The molecule has 2 aromatic rings. The maximum Gasteiger partial charge on any atom is 0.321 e. The molecule has 0 saturated carbocycles. The molecule has 72 heavy (non-hydrogen) atoms. The topological polar surface area (TPSA) is 236 Å². The lowest BCUT2D eigenvalue weighted by molar-refractivity contribution is -0.318. The highest BCUT2D eigenvalue weighted by molar-refractivity contribution is 5.93. The summed E-state index contributed by atoms with van der Waals surface area (Å²) in [5, 5.41) is 74.9. The largest absolute Gasteiger partial charge is 0.459 e. The van der Waals surface area contributed by atoms with Crippen molar-refractivity contribution in [2.75, 3.05) is 52.7 Å². The van der Waals surface area contributed by atoms with Crippen LogP contribution in [0.15, 0.2) is 42.5 Å². The number of hydrogen-bond acceptors (Lipinski definition) is 16. The van der Waals surface area contributed by atoms with Crippen molar-refractivity contribution in [1.82, 2.24) is 14.7 Å². The fourth-order valence-electron chi connectivity index (χ4n) is 11.3. The summed E-state index contributed by atoms with van der Waals surface area (Å²) in [5.41, 5.74) is -4.12. The molecule has 0 aliphatic carbocycles. The number of esters is 1. The van der Waals surface area contributed by atoms with Crippen LogP contribution < -0.4 is 5.32 Å². The van der Waals surface area contributed by atoms with Gasteiger partial charge in [0.1, 0.15) is 30.0 Å². The number of likely N-dealkylation sites (N-methyl/N-ethyl adjacent to an activating group) is 1. The predicted octanol–water partition coefficient (Wildman–Crippen LogP) is 5.26. The van der Waals surface area contributed by atoms with E-state index in [1.54, 1.807) is 53.4 Å². The second-order valence-corrected chi connectivity index (χ2v) is 22.0. The molecule has 6 N–H and O–H groups in total. The van der Waals surface area contributed by atoms with Gasteiger partial charge in [0.05, 0.1) is 54.0 Å². The van der Waals surface area contributed by atoms with Crippen LogP contribution in [-0.2, 0) is 33.2 Å². The number of fused-ring (bicyclic) bond motifs is 1. The van der Waals surface area contributed by atoms with Crippen LogP contribution in [0.4, 0.5) is 10.5 Å². The van der Waals surface area contributed by atoms with Gasteiger partial charge in [-0.2, -0.15) is 5.26 Å². The Morgan fingerprint density at radius 1 is 0.944 bits per heavy atom. The average Bonchev–Trinajstić information content (AvgIpc) is 3.33. The molecule has 3 aliphatic rings.